The van der Waals surface area contributed by atoms with Gasteiger partial charge in [-0.3, -0.25) is 19.1 Å². The number of H-pyrrole nitrogens is 1. The number of amides is 1. The van der Waals surface area contributed by atoms with Crippen molar-refractivity contribution in [1.29, 1.82) is 0 Å². The molecule has 0 aliphatic heterocycles. The van der Waals surface area contributed by atoms with Crippen LogP contribution in [0.25, 0.3) is 10.9 Å². The summed E-state index contributed by atoms with van der Waals surface area (Å²) in [5, 5.41) is 2.99. The van der Waals surface area contributed by atoms with E-state index in [-0.39, 0.29) is 6.54 Å². The minimum Gasteiger partial charge on any atom is -0.309 e. The van der Waals surface area contributed by atoms with Gasteiger partial charge in [-0.15, -0.1) is 0 Å². The number of aryl methyl sites for hydroxylation is 1. The molecule has 3 rings (SSSR count). The molecular weight excluding hydrogens is 296 g/mol. The fraction of sp³-hybridized carbons (Fsp3) is 0.125. The third-order valence-electron chi connectivity index (χ3n) is 3.39. The maximum absolute atomic E-state index is 12.2. The Kier molecular flexibility index (Phi) is 3.76. The van der Waals surface area contributed by atoms with Crippen molar-refractivity contribution in [3.05, 3.63) is 69.0 Å². The molecule has 2 heterocycles. The normalized spacial score (nSPS) is 10.7. The van der Waals surface area contributed by atoms with E-state index in [0.29, 0.717) is 16.7 Å². The molecule has 0 saturated heterocycles. The summed E-state index contributed by atoms with van der Waals surface area (Å²) in [7, 11) is 0. The molecule has 7 nitrogen and oxygen atoms in total. The zero-order chi connectivity index (χ0) is 16.4. The van der Waals surface area contributed by atoms with E-state index in [2.05, 4.69) is 15.3 Å². The Hall–Kier alpha value is -3.22. The predicted octanol–water partition coefficient (Wildman–Crippen LogP) is 1.03. The van der Waals surface area contributed by atoms with Gasteiger partial charge in [0, 0.05) is 6.20 Å². The van der Waals surface area contributed by atoms with E-state index in [9.17, 15) is 14.4 Å². The van der Waals surface area contributed by atoms with Gasteiger partial charge in [0.15, 0.2) is 0 Å². The first-order valence-corrected chi connectivity index (χ1v) is 6.99. The van der Waals surface area contributed by atoms with Crippen LogP contribution in [0.15, 0.2) is 52.2 Å². The fourth-order valence-electron chi connectivity index (χ4n) is 2.33. The number of pyridine rings is 1. The summed E-state index contributed by atoms with van der Waals surface area (Å²) >= 11 is 0. The lowest BCUT2D eigenvalue weighted by Gasteiger charge is -2.09. The van der Waals surface area contributed by atoms with Crippen LogP contribution in [0.5, 0.6) is 0 Å². The second-order valence-corrected chi connectivity index (χ2v) is 5.13. The number of carbonyl (C=O) groups is 1. The minimum atomic E-state index is -0.624. The highest BCUT2D eigenvalue weighted by Gasteiger charge is 2.11. The van der Waals surface area contributed by atoms with Crippen LogP contribution < -0.4 is 16.6 Å². The molecule has 0 saturated carbocycles. The number of aromatic amines is 1. The molecule has 1 aromatic carbocycles. The maximum atomic E-state index is 12.2. The van der Waals surface area contributed by atoms with E-state index in [1.807, 2.05) is 13.0 Å². The second-order valence-electron chi connectivity index (χ2n) is 5.13. The molecule has 0 spiro atoms. The van der Waals surface area contributed by atoms with E-state index < -0.39 is 17.2 Å². The largest absolute Gasteiger partial charge is 0.329 e. The molecule has 3 aromatic rings. The van der Waals surface area contributed by atoms with Crippen LogP contribution >= 0.6 is 0 Å². The highest BCUT2D eigenvalue weighted by Crippen LogP contribution is 2.08. The highest BCUT2D eigenvalue weighted by molar-refractivity contribution is 5.90. The molecule has 0 radical (unpaired) electrons. The molecule has 0 aliphatic carbocycles. The quantitative estimate of drug-likeness (QED) is 0.755. The molecule has 7 heteroatoms. The van der Waals surface area contributed by atoms with Crippen molar-refractivity contribution in [3.63, 3.8) is 0 Å². The van der Waals surface area contributed by atoms with Crippen molar-refractivity contribution in [2.45, 2.75) is 13.5 Å². The Morgan fingerprint density at radius 2 is 2.04 bits per heavy atom. The zero-order valence-electron chi connectivity index (χ0n) is 12.4. The van der Waals surface area contributed by atoms with Crippen molar-refractivity contribution in [2.24, 2.45) is 0 Å². The van der Waals surface area contributed by atoms with Gasteiger partial charge in [-0.2, -0.15) is 0 Å². The number of benzene rings is 1. The van der Waals surface area contributed by atoms with Crippen molar-refractivity contribution in [3.8, 4) is 0 Å². The van der Waals surface area contributed by atoms with Crippen LogP contribution in [0.4, 0.5) is 5.82 Å². The monoisotopic (exact) mass is 310 g/mol. The van der Waals surface area contributed by atoms with Gasteiger partial charge in [0.2, 0.25) is 5.91 Å². The number of nitrogens with one attached hydrogen (secondary N) is 2. The molecule has 0 unspecified atom stereocenters. The maximum Gasteiger partial charge on any atom is 0.329 e. The number of hydrogen-bond donors (Lipinski definition) is 2. The number of nitrogens with zero attached hydrogens (tertiary/aromatic N) is 2. The third kappa shape index (κ3) is 3.03. The summed E-state index contributed by atoms with van der Waals surface area (Å²) in [6.07, 6.45) is 1.59. The SMILES string of the molecule is Cc1ccnc(NC(=O)Cn2c(=O)[nH]c(=O)c3ccccc32)c1. The summed E-state index contributed by atoms with van der Waals surface area (Å²) in [5.74, 6) is 0.0131. The Bertz CT molecular complexity index is 1000. The molecule has 2 aromatic heterocycles. The Labute approximate surface area is 130 Å². The Morgan fingerprint density at radius 1 is 1.26 bits per heavy atom. The van der Waals surface area contributed by atoms with Crippen molar-refractivity contribution < 1.29 is 4.79 Å². The van der Waals surface area contributed by atoms with Crippen LogP contribution in [-0.2, 0) is 11.3 Å². The van der Waals surface area contributed by atoms with E-state index in [1.54, 1.807) is 36.5 Å². The molecular formula is C16H14N4O3. The lowest BCUT2D eigenvalue weighted by molar-refractivity contribution is -0.116. The number of anilines is 1. The van der Waals surface area contributed by atoms with Gasteiger partial charge in [-0.05, 0) is 36.8 Å². The number of para-hydroxylation sites is 1. The Morgan fingerprint density at radius 3 is 2.83 bits per heavy atom. The molecule has 0 aliphatic rings. The molecule has 116 valence electrons. The van der Waals surface area contributed by atoms with E-state index in [0.717, 1.165) is 5.56 Å². The van der Waals surface area contributed by atoms with Gasteiger partial charge < -0.3 is 5.32 Å². The molecule has 2 N–H and O–H groups in total. The summed E-state index contributed by atoms with van der Waals surface area (Å²) < 4.78 is 1.22. The average Bonchev–Trinajstić information content (AvgIpc) is 2.51. The summed E-state index contributed by atoms with van der Waals surface area (Å²) in [5.41, 5.74) is 0.277. The highest BCUT2D eigenvalue weighted by atomic mass is 16.2. The smallest absolute Gasteiger partial charge is 0.309 e. The molecule has 1 amide bonds. The van der Waals surface area contributed by atoms with Crippen molar-refractivity contribution >= 4 is 22.6 Å². The van der Waals surface area contributed by atoms with Crippen molar-refractivity contribution in [2.75, 3.05) is 5.32 Å². The fourth-order valence-corrected chi connectivity index (χ4v) is 2.33. The van der Waals surface area contributed by atoms with Gasteiger partial charge in [0.1, 0.15) is 12.4 Å². The predicted molar refractivity (Wildman–Crippen MR) is 86.4 cm³/mol. The number of aromatic nitrogens is 3. The van der Waals surface area contributed by atoms with Gasteiger partial charge in [-0.25, -0.2) is 9.78 Å². The topological polar surface area (TPSA) is 96.8 Å². The van der Waals surface area contributed by atoms with Gasteiger partial charge in [0.05, 0.1) is 10.9 Å². The van der Waals surface area contributed by atoms with Gasteiger partial charge >= 0.3 is 5.69 Å². The minimum absolute atomic E-state index is 0.217. The third-order valence-corrected chi connectivity index (χ3v) is 3.39. The zero-order valence-corrected chi connectivity index (χ0v) is 12.4. The van der Waals surface area contributed by atoms with Crippen LogP contribution in [0.1, 0.15) is 5.56 Å². The van der Waals surface area contributed by atoms with E-state index in [1.165, 1.54) is 4.57 Å². The number of rotatable bonds is 3. The summed E-state index contributed by atoms with van der Waals surface area (Å²) in [6.45, 7) is 1.67. The van der Waals surface area contributed by atoms with Gasteiger partial charge in [-0.1, -0.05) is 12.1 Å². The number of fused-ring (bicyclic) bond motifs is 1. The molecule has 0 bridgehead atoms. The number of hydrogen-bond acceptors (Lipinski definition) is 4. The van der Waals surface area contributed by atoms with Crippen LogP contribution in [0, 0.1) is 6.92 Å². The first-order valence-electron chi connectivity index (χ1n) is 6.99. The average molecular weight is 310 g/mol. The first-order chi connectivity index (χ1) is 11.0. The van der Waals surface area contributed by atoms with Crippen molar-refractivity contribution in [1.82, 2.24) is 14.5 Å². The van der Waals surface area contributed by atoms with Crippen LogP contribution in [-0.4, -0.2) is 20.4 Å². The standard InChI is InChI=1S/C16H14N4O3/c1-10-6-7-17-13(8-10)18-14(21)9-20-12-5-3-2-4-11(12)15(22)19-16(20)23/h2-8H,9H2,1H3,(H,17,18,21)(H,19,22,23). The lowest BCUT2D eigenvalue weighted by Crippen LogP contribution is -2.34. The molecule has 0 atom stereocenters. The van der Waals surface area contributed by atoms with E-state index in [4.69, 9.17) is 0 Å². The van der Waals surface area contributed by atoms with E-state index >= 15 is 0 Å². The van der Waals surface area contributed by atoms with Gasteiger partial charge in [0.25, 0.3) is 5.56 Å². The Balaban J connectivity index is 1.94. The summed E-state index contributed by atoms with van der Waals surface area (Å²) in [4.78, 5) is 42.2. The first kappa shape index (κ1) is 14.7. The molecule has 0 fully saturated rings. The van der Waals surface area contributed by atoms with Crippen LogP contribution in [0.3, 0.4) is 0 Å². The second kappa shape index (κ2) is 5.88. The number of carbonyl (C=O) groups excluding carboxylic acids is 1. The van der Waals surface area contributed by atoms with Crippen LogP contribution in [0.2, 0.25) is 0 Å². The summed E-state index contributed by atoms with van der Waals surface area (Å²) in [6, 6.07) is 10.2. The lowest BCUT2D eigenvalue weighted by atomic mass is 10.2. The molecule has 23 heavy (non-hydrogen) atoms.